The van der Waals surface area contributed by atoms with Gasteiger partial charge in [-0.15, -0.1) is 21.5 Å². The maximum absolute atomic E-state index is 10.2. The van der Waals surface area contributed by atoms with E-state index < -0.39 is 5.09 Å². The van der Waals surface area contributed by atoms with E-state index in [4.69, 9.17) is 0 Å². The summed E-state index contributed by atoms with van der Waals surface area (Å²) in [5.41, 5.74) is 1.90. The zero-order valence-electron chi connectivity index (χ0n) is 13.0. The molecule has 0 unspecified atom stereocenters. The third-order valence-electron chi connectivity index (χ3n) is 3.46. The Balaban J connectivity index is 2.20. The predicted molar refractivity (Wildman–Crippen MR) is 82.8 cm³/mol. The molecule has 7 heteroatoms. The smallest absolute Gasteiger partial charge is 0.294 e. The molecule has 0 aliphatic carbocycles. The van der Waals surface area contributed by atoms with E-state index in [0.717, 1.165) is 15.6 Å². The van der Waals surface area contributed by atoms with Gasteiger partial charge in [0.05, 0.1) is 5.69 Å². The van der Waals surface area contributed by atoms with Gasteiger partial charge >= 0.3 is 0 Å². The lowest BCUT2D eigenvalue weighted by Crippen LogP contribution is -2.45. The monoisotopic (exact) mass is 311 g/mol. The molecule has 1 aromatic rings. The van der Waals surface area contributed by atoms with Crippen molar-refractivity contribution in [2.24, 2.45) is 0 Å². The molecule has 21 heavy (non-hydrogen) atoms. The molecule has 0 fully saturated rings. The fourth-order valence-electron chi connectivity index (χ4n) is 2.77. The summed E-state index contributed by atoms with van der Waals surface area (Å²) in [6.45, 7) is 10.5. The summed E-state index contributed by atoms with van der Waals surface area (Å²) in [5, 5.41) is 14.0. The second-order valence-electron chi connectivity index (χ2n) is 6.36. The van der Waals surface area contributed by atoms with Crippen LogP contribution in [0.3, 0.4) is 0 Å². The van der Waals surface area contributed by atoms with E-state index in [1.807, 2.05) is 6.92 Å². The Kier molecular flexibility index (Phi) is 4.08. The minimum atomic E-state index is -0.758. The van der Waals surface area contributed by atoms with Gasteiger partial charge in [-0.1, -0.05) is 6.08 Å². The van der Waals surface area contributed by atoms with Gasteiger partial charge in [0.1, 0.15) is 11.6 Å². The Morgan fingerprint density at radius 2 is 2.10 bits per heavy atom. The second-order valence-corrected chi connectivity index (χ2v) is 7.45. The van der Waals surface area contributed by atoms with Crippen LogP contribution in [0.25, 0.3) is 5.57 Å². The number of thiazole rings is 1. The van der Waals surface area contributed by atoms with Crippen LogP contribution in [0.1, 0.15) is 43.3 Å². The highest BCUT2D eigenvalue weighted by molar-refractivity contribution is 7.12. The van der Waals surface area contributed by atoms with Crippen LogP contribution < -0.4 is 5.32 Å². The maximum atomic E-state index is 10.2. The van der Waals surface area contributed by atoms with E-state index in [1.165, 1.54) is 5.57 Å². The van der Waals surface area contributed by atoms with Crippen molar-refractivity contribution in [2.75, 3.05) is 6.61 Å². The van der Waals surface area contributed by atoms with Crippen molar-refractivity contribution in [3.8, 4) is 0 Å². The summed E-state index contributed by atoms with van der Waals surface area (Å²) in [6, 6.07) is 0. The standard InChI is InChI=1S/C14H21N3O3S/c1-9-11(6-7-20-17(18)19)21-12(15-9)10-8-13(2,3)16-14(10,4)5/h8,16H,6-7H2,1-5H3. The number of nitrogens with zero attached hydrogens (tertiary/aromatic N) is 2. The van der Waals surface area contributed by atoms with E-state index in [9.17, 15) is 10.1 Å². The molecule has 2 heterocycles. The minimum Gasteiger partial charge on any atom is -0.314 e. The lowest BCUT2D eigenvalue weighted by Gasteiger charge is -2.27. The molecular formula is C14H21N3O3S. The zero-order chi connectivity index (χ0) is 15.8. The van der Waals surface area contributed by atoms with Gasteiger partial charge in [-0.05, 0) is 34.6 Å². The highest BCUT2D eigenvalue weighted by Gasteiger charge is 2.38. The van der Waals surface area contributed by atoms with E-state index in [2.05, 4.69) is 48.9 Å². The lowest BCUT2D eigenvalue weighted by molar-refractivity contribution is -0.757. The van der Waals surface area contributed by atoms with Crippen molar-refractivity contribution in [2.45, 2.75) is 52.1 Å². The third-order valence-corrected chi connectivity index (χ3v) is 4.71. The van der Waals surface area contributed by atoms with Gasteiger partial charge in [-0.3, -0.25) is 5.32 Å². The fraction of sp³-hybridized carbons (Fsp3) is 0.643. The number of aromatic nitrogens is 1. The quantitative estimate of drug-likeness (QED) is 0.668. The van der Waals surface area contributed by atoms with Crippen molar-refractivity contribution < 1.29 is 9.92 Å². The summed E-state index contributed by atoms with van der Waals surface area (Å²) in [7, 11) is 0. The lowest BCUT2D eigenvalue weighted by atomic mass is 9.97. The van der Waals surface area contributed by atoms with Crippen molar-refractivity contribution in [3.63, 3.8) is 0 Å². The second kappa shape index (κ2) is 5.38. The molecule has 1 N–H and O–H groups in total. The summed E-state index contributed by atoms with van der Waals surface area (Å²) >= 11 is 1.59. The topological polar surface area (TPSA) is 77.3 Å². The summed E-state index contributed by atoms with van der Waals surface area (Å²) in [4.78, 5) is 20.3. The van der Waals surface area contributed by atoms with Gasteiger partial charge in [0.25, 0.3) is 5.09 Å². The van der Waals surface area contributed by atoms with E-state index in [0.29, 0.717) is 6.42 Å². The van der Waals surface area contributed by atoms with E-state index >= 15 is 0 Å². The Labute approximate surface area is 128 Å². The van der Waals surface area contributed by atoms with Crippen LogP contribution in [-0.4, -0.2) is 27.8 Å². The normalized spacial score (nSPS) is 19.4. The Morgan fingerprint density at radius 3 is 2.62 bits per heavy atom. The zero-order valence-corrected chi connectivity index (χ0v) is 13.8. The first kappa shape index (κ1) is 15.9. The van der Waals surface area contributed by atoms with Crippen LogP contribution in [0.2, 0.25) is 0 Å². The van der Waals surface area contributed by atoms with E-state index in [-0.39, 0.29) is 17.7 Å². The molecule has 0 saturated heterocycles. The van der Waals surface area contributed by atoms with Gasteiger partial charge in [0.15, 0.2) is 0 Å². The summed E-state index contributed by atoms with van der Waals surface area (Å²) in [5.74, 6) is 0. The molecule has 0 radical (unpaired) electrons. The molecule has 1 aromatic heterocycles. The average Bonchev–Trinajstić information content (AvgIpc) is 2.75. The highest BCUT2D eigenvalue weighted by atomic mass is 32.1. The number of aryl methyl sites for hydroxylation is 1. The SMILES string of the molecule is Cc1nc(C2=CC(C)(C)NC2(C)C)sc1CCO[N+](=O)[O-]. The highest BCUT2D eigenvalue weighted by Crippen LogP contribution is 2.39. The minimum absolute atomic E-state index is 0.0622. The van der Waals surface area contributed by atoms with Crippen LogP contribution in [0.5, 0.6) is 0 Å². The summed E-state index contributed by atoms with van der Waals surface area (Å²) < 4.78 is 0. The van der Waals surface area contributed by atoms with Gasteiger partial charge in [-0.25, -0.2) is 4.98 Å². The molecule has 1 aliphatic heterocycles. The molecular weight excluding hydrogens is 290 g/mol. The van der Waals surface area contributed by atoms with Gasteiger partial charge in [0.2, 0.25) is 0 Å². The van der Waals surface area contributed by atoms with Crippen molar-refractivity contribution >= 4 is 16.9 Å². The first-order chi connectivity index (χ1) is 9.61. The molecule has 0 amide bonds. The van der Waals surface area contributed by atoms with Crippen LogP contribution in [-0.2, 0) is 11.3 Å². The summed E-state index contributed by atoms with van der Waals surface area (Å²) in [6.07, 6.45) is 2.72. The predicted octanol–water partition coefficient (Wildman–Crippen LogP) is 2.75. The van der Waals surface area contributed by atoms with Gasteiger partial charge in [-0.2, -0.15) is 0 Å². The Hall–Kier alpha value is -1.47. The number of nitrogens with one attached hydrogen (secondary N) is 1. The molecule has 0 aromatic carbocycles. The van der Waals surface area contributed by atoms with Gasteiger partial charge in [0, 0.05) is 27.9 Å². The van der Waals surface area contributed by atoms with Crippen LogP contribution >= 0.6 is 11.3 Å². The van der Waals surface area contributed by atoms with E-state index in [1.54, 1.807) is 11.3 Å². The molecule has 0 saturated carbocycles. The first-order valence-electron chi connectivity index (χ1n) is 6.87. The van der Waals surface area contributed by atoms with Crippen molar-refractivity contribution in [1.29, 1.82) is 0 Å². The number of hydrogen-bond donors (Lipinski definition) is 1. The Morgan fingerprint density at radius 1 is 1.43 bits per heavy atom. The molecule has 2 rings (SSSR count). The molecule has 1 aliphatic rings. The third kappa shape index (κ3) is 3.59. The average molecular weight is 311 g/mol. The molecule has 6 nitrogen and oxygen atoms in total. The number of hydrogen-bond acceptors (Lipinski definition) is 6. The van der Waals surface area contributed by atoms with Crippen LogP contribution in [0.4, 0.5) is 0 Å². The maximum Gasteiger partial charge on any atom is 0.294 e. The van der Waals surface area contributed by atoms with Crippen LogP contribution in [0, 0.1) is 17.0 Å². The van der Waals surface area contributed by atoms with Crippen molar-refractivity contribution in [1.82, 2.24) is 10.3 Å². The van der Waals surface area contributed by atoms with Gasteiger partial charge < -0.3 is 4.84 Å². The molecule has 0 bridgehead atoms. The Bertz CT molecular complexity index is 590. The molecule has 0 spiro atoms. The number of rotatable bonds is 5. The van der Waals surface area contributed by atoms with Crippen molar-refractivity contribution in [3.05, 3.63) is 31.8 Å². The fourth-order valence-corrected chi connectivity index (χ4v) is 3.99. The first-order valence-corrected chi connectivity index (χ1v) is 7.69. The molecule has 0 atom stereocenters. The van der Waals surface area contributed by atoms with Crippen LogP contribution in [0.15, 0.2) is 6.08 Å². The molecule has 116 valence electrons. The largest absolute Gasteiger partial charge is 0.314 e.